The smallest absolute Gasteiger partial charge is 0.377 e. The Morgan fingerprint density at radius 1 is 1.16 bits per heavy atom. The zero-order valence-electron chi connectivity index (χ0n) is 24.2. The van der Waals surface area contributed by atoms with E-state index < -0.39 is 23.2 Å². The van der Waals surface area contributed by atoms with Crippen molar-refractivity contribution >= 4 is 46.1 Å². The van der Waals surface area contributed by atoms with Crippen molar-refractivity contribution in [3.63, 3.8) is 0 Å². The maximum atomic E-state index is 14.0. The molecule has 2 amide bonds. The first-order valence-corrected chi connectivity index (χ1v) is 14.5. The van der Waals surface area contributed by atoms with Crippen LogP contribution in [-0.4, -0.2) is 88.9 Å². The molecular formula is C28H32ClF3N8O4. The van der Waals surface area contributed by atoms with Gasteiger partial charge in [-0.2, -0.15) is 22.7 Å². The summed E-state index contributed by atoms with van der Waals surface area (Å²) in [7, 11) is 1.70. The van der Waals surface area contributed by atoms with Gasteiger partial charge in [-0.05, 0) is 43.7 Å². The van der Waals surface area contributed by atoms with E-state index in [2.05, 4.69) is 20.7 Å². The summed E-state index contributed by atoms with van der Waals surface area (Å²) in [5.41, 5.74) is 0.358. The summed E-state index contributed by atoms with van der Waals surface area (Å²) in [5, 5.41) is 9.69. The Labute approximate surface area is 255 Å². The van der Waals surface area contributed by atoms with E-state index in [0.29, 0.717) is 69.4 Å². The Morgan fingerprint density at radius 2 is 1.91 bits per heavy atom. The van der Waals surface area contributed by atoms with Crippen molar-refractivity contribution in [1.29, 1.82) is 0 Å². The van der Waals surface area contributed by atoms with Crippen LogP contribution in [-0.2, 0) is 33.5 Å². The molecule has 12 nitrogen and oxygen atoms in total. The van der Waals surface area contributed by atoms with Crippen molar-refractivity contribution in [2.24, 2.45) is 0 Å². The predicted octanol–water partition coefficient (Wildman–Crippen LogP) is 2.44. The van der Waals surface area contributed by atoms with Gasteiger partial charge in [0.05, 0.1) is 41.7 Å². The molecule has 4 heterocycles. The number of alkyl halides is 3. The molecule has 0 aliphatic carbocycles. The van der Waals surface area contributed by atoms with Gasteiger partial charge >= 0.3 is 6.18 Å². The fraction of sp³-hybridized carbons (Fsp3) is 0.464. The second kappa shape index (κ2) is 13.0. The molecule has 3 aromatic rings. The summed E-state index contributed by atoms with van der Waals surface area (Å²) in [6, 6.07) is 2.68. The largest absolute Gasteiger partial charge is 0.416 e. The number of fused-ring (bicyclic) bond motifs is 1. The van der Waals surface area contributed by atoms with Gasteiger partial charge in [0.25, 0.3) is 5.56 Å². The first-order chi connectivity index (χ1) is 21.0. The van der Waals surface area contributed by atoms with Crippen LogP contribution in [0.15, 0.2) is 29.1 Å². The van der Waals surface area contributed by atoms with Crippen LogP contribution in [0.2, 0.25) is 5.02 Å². The first-order valence-electron chi connectivity index (χ1n) is 14.1. The summed E-state index contributed by atoms with van der Waals surface area (Å²) >= 11 is 6.08. The molecule has 5 rings (SSSR count). The van der Waals surface area contributed by atoms with Crippen LogP contribution in [0.1, 0.15) is 30.4 Å². The minimum Gasteiger partial charge on any atom is -0.377 e. The predicted molar refractivity (Wildman–Crippen MR) is 158 cm³/mol. The molecule has 1 saturated heterocycles. The topological polar surface area (TPSA) is 126 Å². The van der Waals surface area contributed by atoms with Crippen molar-refractivity contribution in [1.82, 2.24) is 29.4 Å². The van der Waals surface area contributed by atoms with Gasteiger partial charge in [-0.1, -0.05) is 24.6 Å². The molecule has 16 heteroatoms. The van der Waals surface area contributed by atoms with Crippen molar-refractivity contribution in [2.75, 3.05) is 63.2 Å². The highest BCUT2D eigenvalue weighted by atomic mass is 35.5. The van der Waals surface area contributed by atoms with E-state index in [1.807, 2.05) is 17.9 Å². The number of aromatic nitrogens is 4. The zero-order chi connectivity index (χ0) is 31.6. The van der Waals surface area contributed by atoms with Crippen LogP contribution in [0.25, 0.3) is 11.4 Å². The molecule has 0 unspecified atom stereocenters. The number of carbonyl (C=O) groups excluding carboxylic acids is 2. The van der Waals surface area contributed by atoms with E-state index in [1.165, 1.54) is 4.52 Å². The molecule has 236 valence electrons. The van der Waals surface area contributed by atoms with Gasteiger partial charge in [0.2, 0.25) is 17.6 Å². The molecule has 0 atom stereocenters. The molecular weight excluding hydrogens is 605 g/mol. The highest BCUT2D eigenvalue weighted by molar-refractivity contribution is 6.33. The number of hydrogen-bond donors (Lipinski definition) is 2. The molecule has 0 radical (unpaired) electrons. The fourth-order valence-electron chi connectivity index (χ4n) is 5.36. The van der Waals surface area contributed by atoms with Crippen LogP contribution < -0.4 is 21.1 Å². The lowest BCUT2D eigenvalue weighted by atomic mass is 10.1. The SMILES string of the molecule is CCc1c(N2CCN(C(=O)CNC)CC2)c(=O)n2nc(C3=CCOCC3)nc2n1CC(=O)Nc1ccc(C(F)(F)F)cc1Cl. The van der Waals surface area contributed by atoms with Gasteiger partial charge in [0.15, 0.2) is 5.82 Å². The summed E-state index contributed by atoms with van der Waals surface area (Å²) in [4.78, 5) is 48.0. The van der Waals surface area contributed by atoms with E-state index in [-0.39, 0.29) is 35.5 Å². The fourth-order valence-corrected chi connectivity index (χ4v) is 5.59. The Morgan fingerprint density at radius 3 is 2.52 bits per heavy atom. The lowest BCUT2D eigenvalue weighted by Gasteiger charge is -2.36. The molecule has 2 aliphatic rings. The number of carbonyl (C=O) groups is 2. The Balaban J connectivity index is 1.53. The molecule has 1 aromatic carbocycles. The van der Waals surface area contributed by atoms with E-state index in [9.17, 15) is 27.6 Å². The van der Waals surface area contributed by atoms with E-state index in [0.717, 1.165) is 23.8 Å². The lowest BCUT2D eigenvalue weighted by Crippen LogP contribution is -2.52. The highest BCUT2D eigenvalue weighted by Crippen LogP contribution is 2.34. The van der Waals surface area contributed by atoms with Crippen molar-refractivity contribution in [3.05, 3.63) is 56.7 Å². The quantitative estimate of drug-likeness (QED) is 0.386. The van der Waals surface area contributed by atoms with Crippen molar-refractivity contribution < 1.29 is 27.5 Å². The summed E-state index contributed by atoms with van der Waals surface area (Å²) in [6.07, 6.45) is -1.84. The number of hydrogen-bond acceptors (Lipinski definition) is 8. The molecule has 1 fully saturated rings. The standard InChI is InChI=1S/C28H32ClF3N8O4/c1-3-21-24(38-10-8-37(9-11-38)23(42)15-33-2)26(43)40-27(35-25(36-40)17-6-12-44-13-7-17)39(21)16-22(41)34-20-5-4-18(14-19(20)29)28(30,31)32/h4-6,14,33H,3,7-13,15-16H2,1-2H3,(H,34,41). The van der Waals surface area contributed by atoms with Gasteiger partial charge in [0.1, 0.15) is 12.2 Å². The molecule has 0 spiro atoms. The van der Waals surface area contributed by atoms with Gasteiger partial charge in [0, 0.05) is 26.2 Å². The Kier molecular flexibility index (Phi) is 9.27. The number of piperazine rings is 1. The molecule has 2 aliphatic heterocycles. The summed E-state index contributed by atoms with van der Waals surface area (Å²) in [6.45, 7) is 4.18. The van der Waals surface area contributed by atoms with Crippen LogP contribution in [0.5, 0.6) is 0 Å². The van der Waals surface area contributed by atoms with Crippen LogP contribution in [0.4, 0.5) is 24.5 Å². The normalized spacial score (nSPS) is 15.9. The third kappa shape index (κ3) is 6.44. The third-order valence-electron chi connectivity index (χ3n) is 7.56. The second-order valence-electron chi connectivity index (χ2n) is 10.4. The van der Waals surface area contributed by atoms with E-state index in [4.69, 9.17) is 16.3 Å². The third-order valence-corrected chi connectivity index (χ3v) is 7.87. The molecule has 0 bridgehead atoms. The maximum absolute atomic E-state index is 14.0. The average molecular weight is 637 g/mol. The number of nitrogens with zero attached hydrogens (tertiary/aromatic N) is 6. The number of halogens is 4. The first kappa shape index (κ1) is 31.5. The minimum atomic E-state index is -4.59. The monoisotopic (exact) mass is 636 g/mol. The molecule has 44 heavy (non-hydrogen) atoms. The second-order valence-corrected chi connectivity index (χ2v) is 10.8. The zero-order valence-corrected chi connectivity index (χ0v) is 25.0. The highest BCUT2D eigenvalue weighted by Gasteiger charge is 2.32. The maximum Gasteiger partial charge on any atom is 0.416 e. The van der Waals surface area contributed by atoms with Crippen molar-refractivity contribution in [2.45, 2.75) is 32.5 Å². The summed E-state index contributed by atoms with van der Waals surface area (Å²) in [5.74, 6) is -0.142. The number of likely N-dealkylation sites (N-methyl/N-ethyl adjacent to an activating group) is 1. The van der Waals surface area contributed by atoms with Gasteiger partial charge in [-0.25, -0.2) is 0 Å². The average Bonchev–Trinajstić information content (AvgIpc) is 3.46. The van der Waals surface area contributed by atoms with Gasteiger partial charge < -0.3 is 29.7 Å². The van der Waals surface area contributed by atoms with Crippen LogP contribution >= 0.6 is 11.6 Å². The van der Waals surface area contributed by atoms with Gasteiger partial charge in [-0.3, -0.25) is 14.4 Å². The van der Waals surface area contributed by atoms with Crippen LogP contribution in [0, 0.1) is 0 Å². The number of amides is 2. The van der Waals surface area contributed by atoms with E-state index in [1.54, 1.807) is 16.5 Å². The van der Waals surface area contributed by atoms with Gasteiger partial charge in [-0.15, -0.1) is 5.10 Å². The summed E-state index contributed by atoms with van der Waals surface area (Å²) < 4.78 is 47.5. The Hall–Kier alpha value is -3.95. The molecule has 2 aromatic heterocycles. The lowest BCUT2D eigenvalue weighted by molar-refractivity contribution is -0.137. The Bertz CT molecular complexity index is 1660. The molecule has 0 saturated carbocycles. The van der Waals surface area contributed by atoms with Crippen LogP contribution in [0.3, 0.4) is 0 Å². The number of anilines is 2. The van der Waals surface area contributed by atoms with E-state index >= 15 is 0 Å². The molecule has 2 N–H and O–H groups in total. The number of benzene rings is 1. The number of rotatable bonds is 8. The number of nitrogens with one attached hydrogen (secondary N) is 2. The minimum absolute atomic E-state index is 0.0110. The number of ether oxygens (including phenoxy) is 1. The van der Waals surface area contributed by atoms with Crippen molar-refractivity contribution in [3.8, 4) is 0 Å².